The van der Waals surface area contributed by atoms with Crippen molar-refractivity contribution >= 4 is 46.6 Å². The molecule has 0 bridgehead atoms. The lowest BCUT2D eigenvalue weighted by atomic mass is 10.1. The normalized spacial score (nSPS) is 14.4. The molecule has 29 heavy (non-hydrogen) atoms. The quantitative estimate of drug-likeness (QED) is 0.308. The second kappa shape index (κ2) is 7.44. The predicted molar refractivity (Wildman–Crippen MR) is 98.5 cm³/mol. The molecule has 0 spiro atoms. The average Bonchev–Trinajstić information content (AvgIpc) is 3.02. The Morgan fingerprint density at radius 3 is 2.24 bits per heavy atom. The fourth-order valence-electron chi connectivity index (χ4n) is 2.39. The number of halogens is 1. The smallest absolute Gasteiger partial charge is 0.363 e. The lowest BCUT2D eigenvalue weighted by Crippen LogP contribution is -2.06. The van der Waals surface area contributed by atoms with Crippen molar-refractivity contribution in [1.29, 1.82) is 0 Å². The topological polar surface area (TPSA) is 168 Å². The molecule has 1 heterocycles. The van der Waals surface area contributed by atoms with Gasteiger partial charge in [0.2, 0.25) is 5.90 Å². The molecule has 0 aliphatic carbocycles. The van der Waals surface area contributed by atoms with Gasteiger partial charge in [0.25, 0.3) is 17.1 Å². The first-order valence-corrected chi connectivity index (χ1v) is 7.95. The van der Waals surface area contributed by atoms with Crippen molar-refractivity contribution in [3.8, 4) is 0 Å². The summed E-state index contributed by atoms with van der Waals surface area (Å²) < 4.78 is 4.97. The van der Waals surface area contributed by atoms with Crippen molar-refractivity contribution in [3.05, 3.63) is 88.6 Å². The van der Waals surface area contributed by atoms with Gasteiger partial charge in [-0.3, -0.25) is 30.3 Å². The van der Waals surface area contributed by atoms with Gasteiger partial charge in [-0.25, -0.2) is 9.79 Å². The van der Waals surface area contributed by atoms with Crippen LogP contribution in [0.2, 0.25) is 5.02 Å². The van der Waals surface area contributed by atoms with Crippen LogP contribution in [0.5, 0.6) is 0 Å². The fraction of sp³-hybridized carbons (Fsp3) is 0. The molecule has 0 saturated carbocycles. The minimum Gasteiger partial charge on any atom is -0.402 e. The van der Waals surface area contributed by atoms with Gasteiger partial charge in [0.1, 0.15) is 5.02 Å². The van der Waals surface area contributed by atoms with Gasteiger partial charge in [0.15, 0.2) is 5.70 Å². The van der Waals surface area contributed by atoms with E-state index in [1.165, 1.54) is 12.1 Å². The Morgan fingerprint density at radius 1 is 0.931 bits per heavy atom. The van der Waals surface area contributed by atoms with Crippen LogP contribution in [0.1, 0.15) is 11.1 Å². The number of benzene rings is 2. The Labute approximate surface area is 165 Å². The molecule has 0 aromatic heterocycles. The maximum absolute atomic E-state index is 12.1. The lowest BCUT2D eigenvalue weighted by molar-refractivity contribution is -0.394. The second-order valence-corrected chi connectivity index (χ2v) is 5.92. The van der Waals surface area contributed by atoms with E-state index in [9.17, 15) is 35.1 Å². The highest BCUT2D eigenvalue weighted by Crippen LogP contribution is 2.30. The molecule has 0 radical (unpaired) electrons. The fourth-order valence-corrected chi connectivity index (χ4v) is 2.58. The summed E-state index contributed by atoms with van der Waals surface area (Å²) in [6.45, 7) is 0. The van der Waals surface area contributed by atoms with Gasteiger partial charge in [0, 0.05) is 17.7 Å². The van der Waals surface area contributed by atoms with Crippen LogP contribution in [-0.2, 0) is 9.53 Å². The molecule has 0 amide bonds. The monoisotopic (exact) mass is 418 g/mol. The first-order valence-electron chi connectivity index (χ1n) is 7.57. The molecule has 1 aliphatic rings. The van der Waals surface area contributed by atoms with E-state index in [1.807, 2.05) is 0 Å². The van der Waals surface area contributed by atoms with Crippen molar-refractivity contribution in [2.45, 2.75) is 0 Å². The first kappa shape index (κ1) is 19.6. The third-order valence-electron chi connectivity index (χ3n) is 3.72. The van der Waals surface area contributed by atoms with Crippen LogP contribution in [-0.4, -0.2) is 26.6 Å². The number of hydrogen-bond donors (Lipinski definition) is 0. The van der Waals surface area contributed by atoms with Crippen LogP contribution in [0.15, 0.2) is 47.1 Å². The van der Waals surface area contributed by atoms with Crippen LogP contribution in [0, 0.1) is 30.3 Å². The predicted octanol–water partition coefficient (Wildman–Crippen LogP) is 3.41. The summed E-state index contributed by atoms with van der Waals surface area (Å²) in [7, 11) is 0. The van der Waals surface area contributed by atoms with Crippen molar-refractivity contribution in [2.24, 2.45) is 4.99 Å². The van der Waals surface area contributed by atoms with Gasteiger partial charge >= 0.3 is 5.97 Å². The summed E-state index contributed by atoms with van der Waals surface area (Å²) in [4.78, 5) is 46.6. The van der Waals surface area contributed by atoms with E-state index in [-0.39, 0.29) is 27.7 Å². The molecule has 2 aromatic carbocycles. The molecule has 12 nitrogen and oxygen atoms in total. The number of non-ortho nitro benzene ring substituents is 1. The zero-order valence-corrected chi connectivity index (χ0v) is 14.7. The molecule has 2 aromatic rings. The SMILES string of the molecule is O=C1OC(c2ccc(Cl)c([N+](=O)[O-])c2)=N/C1=C\c1ccc([N+](=O)[O-])cc1[N+](=O)[O-]. The van der Waals surface area contributed by atoms with E-state index in [0.29, 0.717) is 0 Å². The highest BCUT2D eigenvalue weighted by Gasteiger charge is 2.27. The summed E-state index contributed by atoms with van der Waals surface area (Å²) in [6, 6.07) is 6.52. The van der Waals surface area contributed by atoms with Crippen LogP contribution in [0.4, 0.5) is 17.1 Å². The van der Waals surface area contributed by atoms with E-state index in [4.69, 9.17) is 16.3 Å². The molecular weight excluding hydrogens is 412 g/mol. The van der Waals surface area contributed by atoms with Crippen molar-refractivity contribution in [1.82, 2.24) is 0 Å². The minimum absolute atomic E-state index is 0.0936. The third-order valence-corrected chi connectivity index (χ3v) is 4.04. The van der Waals surface area contributed by atoms with Crippen LogP contribution in [0.3, 0.4) is 0 Å². The van der Waals surface area contributed by atoms with Gasteiger partial charge in [-0.15, -0.1) is 0 Å². The van der Waals surface area contributed by atoms with Gasteiger partial charge < -0.3 is 4.74 Å². The molecule has 146 valence electrons. The minimum atomic E-state index is -0.953. The largest absolute Gasteiger partial charge is 0.402 e. The van der Waals surface area contributed by atoms with Crippen LogP contribution in [0.25, 0.3) is 6.08 Å². The number of nitro benzene ring substituents is 3. The highest BCUT2D eigenvalue weighted by atomic mass is 35.5. The molecule has 0 saturated heterocycles. The number of esters is 1. The zero-order chi connectivity index (χ0) is 21.3. The van der Waals surface area contributed by atoms with E-state index < -0.39 is 37.8 Å². The second-order valence-electron chi connectivity index (χ2n) is 5.52. The first-order chi connectivity index (χ1) is 13.7. The number of cyclic esters (lactones) is 1. The maximum Gasteiger partial charge on any atom is 0.363 e. The summed E-state index contributed by atoms with van der Waals surface area (Å²) in [6.07, 6.45) is 1.03. The Balaban J connectivity index is 2.04. The van der Waals surface area contributed by atoms with Gasteiger partial charge in [-0.2, -0.15) is 0 Å². The van der Waals surface area contributed by atoms with E-state index >= 15 is 0 Å². The standard InChI is InChI=1S/C16H7ClN4O8/c17-11-4-2-9(6-14(11)21(27)28)15-18-12(16(22)29-15)5-8-1-3-10(19(23)24)7-13(8)20(25)26/h1-7H/b12-5-. The number of ether oxygens (including phenoxy) is 1. The maximum atomic E-state index is 12.1. The third kappa shape index (κ3) is 3.91. The Bertz CT molecular complexity index is 1160. The highest BCUT2D eigenvalue weighted by molar-refractivity contribution is 6.32. The van der Waals surface area contributed by atoms with E-state index in [2.05, 4.69) is 4.99 Å². The van der Waals surface area contributed by atoms with Crippen molar-refractivity contribution in [2.75, 3.05) is 0 Å². The number of carbonyl (C=O) groups is 1. The number of nitro groups is 3. The summed E-state index contributed by atoms with van der Waals surface area (Å²) in [5, 5.41) is 32.9. The van der Waals surface area contributed by atoms with Crippen LogP contribution >= 0.6 is 11.6 Å². The Hall–Kier alpha value is -4.19. The van der Waals surface area contributed by atoms with Gasteiger partial charge in [-0.1, -0.05) is 11.6 Å². The molecular formula is C16H7ClN4O8. The summed E-state index contributed by atoms with van der Waals surface area (Å²) >= 11 is 5.73. The van der Waals surface area contributed by atoms with Crippen LogP contribution < -0.4 is 0 Å². The molecule has 0 atom stereocenters. The lowest BCUT2D eigenvalue weighted by Gasteiger charge is -2.00. The number of carbonyl (C=O) groups excluding carboxylic acids is 1. The molecule has 3 rings (SSSR count). The summed E-state index contributed by atoms with van der Waals surface area (Å²) in [5.74, 6) is -1.21. The molecule has 0 unspecified atom stereocenters. The molecule has 0 fully saturated rings. The zero-order valence-electron chi connectivity index (χ0n) is 14.0. The van der Waals surface area contributed by atoms with Crippen molar-refractivity contribution in [3.63, 3.8) is 0 Å². The van der Waals surface area contributed by atoms with Gasteiger partial charge in [-0.05, 0) is 24.3 Å². The Kier molecular flexibility index (Phi) is 5.02. The molecule has 13 heteroatoms. The van der Waals surface area contributed by atoms with E-state index in [1.54, 1.807) is 0 Å². The summed E-state index contributed by atoms with van der Waals surface area (Å²) in [5.41, 5.74) is -1.87. The van der Waals surface area contributed by atoms with E-state index in [0.717, 1.165) is 30.3 Å². The van der Waals surface area contributed by atoms with Crippen molar-refractivity contribution < 1.29 is 24.3 Å². The Morgan fingerprint density at radius 2 is 1.62 bits per heavy atom. The number of aliphatic imine (C=N–C) groups is 1. The molecule has 0 N–H and O–H groups in total. The average molecular weight is 419 g/mol. The number of nitrogens with zero attached hydrogens (tertiary/aromatic N) is 4. The molecule has 1 aliphatic heterocycles. The van der Waals surface area contributed by atoms with Gasteiger partial charge in [0.05, 0.1) is 26.4 Å². The number of hydrogen-bond acceptors (Lipinski definition) is 9. The number of rotatable bonds is 5.